The van der Waals surface area contributed by atoms with E-state index in [1.807, 2.05) is 13.8 Å². The molecule has 0 amide bonds. The maximum atomic E-state index is 10.6. The van der Waals surface area contributed by atoms with E-state index in [4.69, 9.17) is 19.3 Å². The molecule has 1 aliphatic rings. The van der Waals surface area contributed by atoms with Crippen molar-refractivity contribution in [3.63, 3.8) is 0 Å². The molecule has 7 heteroatoms. The fourth-order valence-corrected chi connectivity index (χ4v) is 1.58. The predicted molar refractivity (Wildman–Crippen MR) is 72.5 cm³/mol. The van der Waals surface area contributed by atoms with Crippen LogP contribution in [0.4, 0.5) is 0 Å². The number of rotatable bonds is 4. The number of aliphatic hydroxyl groups excluding tert-OH is 1. The van der Waals surface area contributed by atoms with Gasteiger partial charge in [0.05, 0.1) is 12.0 Å². The summed E-state index contributed by atoms with van der Waals surface area (Å²) in [4.78, 5) is 9.97. The predicted octanol–water partition coefficient (Wildman–Crippen LogP) is 2.06. The minimum absolute atomic E-state index is 0.0843. The largest absolute Gasteiger partial charge is 0.493 e. The van der Waals surface area contributed by atoms with Crippen molar-refractivity contribution in [3.8, 4) is 17.2 Å². The van der Waals surface area contributed by atoms with Gasteiger partial charge < -0.3 is 19.3 Å². The maximum Gasteiger partial charge on any atom is 0.271 e. The van der Waals surface area contributed by atoms with Gasteiger partial charge in [-0.1, -0.05) is 13.8 Å². The van der Waals surface area contributed by atoms with Crippen LogP contribution in [0.5, 0.6) is 17.2 Å². The number of aliphatic hydroxyl groups is 1. The highest BCUT2D eigenvalue weighted by Gasteiger charge is 2.20. The van der Waals surface area contributed by atoms with E-state index in [9.17, 15) is 10.1 Å². The monoisotopic (exact) mass is 283 g/mol. The third-order valence-corrected chi connectivity index (χ3v) is 2.41. The first-order valence-electron chi connectivity index (χ1n) is 6.09. The highest BCUT2D eigenvalue weighted by molar-refractivity contribution is 5.63. The lowest BCUT2D eigenvalue weighted by molar-refractivity contribution is -0.428. The zero-order chi connectivity index (χ0) is 15.1. The molecule has 110 valence electrons. The second kappa shape index (κ2) is 7.34. The Hall–Kier alpha value is -2.28. The van der Waals surface area contributed by atoms with E-state index in [-0.39, 0.29) is 12.5 Å². The molecule has 1 aromatic rings. The smallest absolute Gasteiger partial charge is 0.271 e. The number of hydrogen-bond donors (Lipinski definition) is 1. The fraction of sp³-hybridized carbons (Fsp3) is 0.385. The first kappa shape index (κ1) is 15.8. The van der Waals surface area contributed by atoms with Crippen LogP contribution in [0.15, 0.2) is 17.8 Å². The number of hydrogen-bond acceptors (Lipinski definition) is 6. The second-order valence-corrected chi connectivity index (χ2v) is 3.51. The molecule has 1 aromatic carbocycles. The molecule has 0 aliphatic carbocycles. The SMILES string of the molecule is CC.COc1cc(/C=C(\CO)[N+](=O)[O-])cc2c1OCO2. The highest BCUT2D eigenvalue weighted by Crippen LogP contribution is 2.42. The number of methoxy groups -OCH3 is 1. The van der Waals surface area contributed by atoms with Crippen molar-refractivity contribution in [2.45, 2.75) is 13.8 Å². The summed E-state index contributed by atoms with van der Waals surface area (Å²) < 4.78 is 15.5. The standard InChI is InChI=1S/C11H11NO6.C2H6/c1-16-9-3-7(2-8(5-13)12(14)15)4-10-11(9)18-6-17-10;1-2/h2-4,13H,5-6H2,1H3;1-2H3/b8-2+;. The minimum Gasteiger partial charge on any atom is -0.493 e. The molecule has 0 bridgehead atoms. The van der Waals surface area contributed by atoms with Crippen LogP contribution in [0.2, 0.25) is 0 Å². The van der Waals surface area contributed by atoms with Gasteiger partial charge >= 0.3 is 0 Å². The van der Waals surface area contributed by atoms with E-state index >= 15 is 0 Å². The molecule has 0 aromatic heterocycles. The summed E-state index contributed by atoms with van der Waals surface area (Å²) in [5, 5.41) is 19.5. The third kappa shape index (κ3) is 3.39. The van der Waals surface area contributed by atoms with Crippen molar-refractivity contribution in [2.75, 3.05) is 20.5 Å². The topological polar surface area (TPSA) is 91.1 Å². The van der Waals surface area contributed by atoms with Crippen LogP contribution < -0.4 is 14.2 Å². The third-order valence-electron chi connectivity index (χ3n) is 2.41. The lowest BCUT2D eigenvalue weighted by Gasteiger charge is -2.05. The lowest BCUT2D eigenvalue weighted by atomic mass is 10.1. The molecule has 1 heterocycles. The second-order valence-electron chi connectivity index (χ2n) is 3.51. The van der Waals surface area contributed by atoms with Gasteiger partial charge in [0.2, 0.25) is 12.5 Å². The Kier molecular flexibility index (Phi) is 5.79. The minimum atomic E-state index is -0.649. The van der Waals surface area contributed by atoms with Crippen molar-refractivity contribution in [1.82, 2.24) is 0 Å². The lowest BCUT2D eigenvalue weighted by Crippen LogP contribution is -2.02. The van der Waals surface area contributed by atoms with Crippen LogP contribution in [0.1, 0.15) is 19.4 Å². The molecule has 0 saturated carbocycles. The van der Waals surface area contributed by atoms with Crippen LogP contribution in [-0.2, 0) is 0 Å². The van der Waals surface area contributed by atoms with Crippen molar-refractivity contribution in [2.24, 2.45) is 0 Å². The molecular weight excluding hydrogens is 266 g/mol. The Bertz CT molecular complexity index is 512. The Labute approximate surface area is 116 Å². The first-order valence-corrected chi connectivity index (χ1v) is 6.09. The van der Waals surface area contributed by atoms with Gasteiger partial charge in [0.15, 0.2) is 11.5 Å². The van der Waals surface area contributed by atoms with E-state index < -0.39 is 11.5 Å². The molecule has 0 spiro atoms. The zero-order valence-electron chi connectivity index (χ0n) is 11.6. The number of fused-ring (bicyclic) bond motifs is 1. The van der Waals surface area contributed by atoms with Crippen LogP contribution in [0.3, 0.4) is 0 Å². The van der Waals surface area contributed by atoms with Gasteiger partial charge in [0, 0.05) is 6.08 Å². The summed E-state index contributed by atoms with van der Waals surface area (Å²) in [5.74, 6) is 1.36. The van der Waals surface area contributed by atoms with E-state index in [2.05, 4.69) is 0 Å². The van der Waals surface area contributed by atoms with Crippen LogP contribution in [0.25, 0.3) is 6.08 Å². The van der Waals surface area contributed by atoms with E-state index in [1.54, 1.807) is 12.1 Å². The Balaban J connectivity index is 0.000000956. The van der Waals surface area contributed by atoms with Gasteiger partial charge in [-0.3, -0.25) is 10.1 Å². The molecule has 0 saturated heterocycles. The van der Waals surface area contributed by atoms with Gasteiger partial charge in [0.1, 0.15) is 6.61 Å². The molecule has 0 fully saturated rings. The molecule has 20 heavy (non-hydrogen) atoms. The molecule has 0 unspecified atom stereocenters. The molecule has 0 atom stereocenters. The Morgan fingerprint density at radius 3 is 2.75 bits per heavy atom. The Morgan fingerprint density at radius 1 is 1.50 bits per heavy atom. The first-order chi connectivity index (χ1) is 9.65. The maximum absolute atomic E-state index is 10.6. The average molecular weight is 283 g/mol. The summed E-state index contributed by atoms with van der Waals surface area (Å²) in [7, 11) is 1.46. The normalized spacial score (nSPS) is 12.5. The van der Waals surface area contributed by atoms with E-state index in [1.165, 1.54) is 13.2 Å². The van der Waals surface area contributed by atoms with Crippen LogP contribution in [-0.4, -0.2) is 30.5 Å². The molecule has 7 nitrogen and oxygen atoms in total. The van der Waals surface area contributed by atoms with Crippen molar-refractivity contribution >= 4 is 6.08 Å². The Morgan fingerprint density at radius 2 is 2.20 bits per heavy atom. The van der Waals surface area contributed by atoms with E-state index in [0.717, 1.165) is 0 Å². The fourth-order valence-electron chi connectivity index (χ4n) is 1.58. The molecule has 0 radical (unpaired) electrons. The highest BCUT2D eigenvalue weighted by atomic mass is 16.7. The summed E-state index contributed by atoms with van der Waals surface area (Å²) in [6.45, 7) is 3.44. The van der Waals surface area contributed by atoms with Crippen molar-refractivity contribution in [3.05, 3.63) is 33.5 Å². The van der Waals surface area contributed by atoms with E-state index in [0.29, 0.717) is 22.8 Å². The summed E-state index contributed by atoms with van der Waals surface area (Å²) in [5.41, 5.74) is 0.188. The summed E-state index contributed by atoms with van der Waals surface area (Å²) in [6.07, 6.45) is 1.25. The number of benzene rings is 1. The van der Waals surface area contributed by atoms with Crippen molar-refractivity contribution < 1.29 is 24.2 Å². The molecule has 1 aliphatic heterocycles. The molecule has 2 rings (SSSR count). The molecule has 1 N–H and O–H groups in total. The van der Waals surface area contributed by atoms with Gasteiger partial charge in [-0.25, -0.2) is 0 Å². The van der Waals surface area contributed by atoms with Crippen molar-refractivity contribution in [1.29, 1.82) is 0 Å². The number of ether oxygens (including phenoxy) is 3. The van der Waals surface area contributed by atoms with Gasteiger partial charge in [-0.2, -0.15) is 0 Å². The molecular formula is C13H17NO6. The number of nitro groups is 1. The van der Waals surface area contributed by atoms with Gasteiger partial charge in [-0.15, -0.1) is 0 Å². The summed E-state index contributed by atoms with van der Waals surface area (Å²) >= 11 is 0. The van der Waals surface area contributed by atoms with Gasteiger partial charge in [0.25, 0.3) is 5.70 Å². The summed E-state index contributed by atoms with van der Waals surface area (Å²) in [6, 6.07) is 3.16. The average Bonchev–Trinajstić information content (AvgIpc) is 2.93. The van der Waals surface area contributed by atoms with Gasteiger partial charge in [-0.05, 0) is 17.7 Å². The number of nitrogens with zero attached hydrogens (tertiary/aromatic N) is 1. The quantitative estimate of drug-likeness (QED) is 0.671. The van der Waals surface area contributed by atoms with Crippen LogP contribution >= 0.6 is 0 Å². The zero-order valence-corrected chi connectivity index (χ0v) is 11.6. The van der Waals surface area contributed by atoms with Crippen LogP contribution in [0, 0.1) is 10.1 Å².